The van der Waals surface area contributed by atoms with Crippen LogP contribution in [0, 0.1) is 22.5 Å². The van der Waals surface area contributed by atoms with Gasteiger partial charge in [0.2, 0.25) is 0 Å². The standard InChI is InChI=1S/C14H18N2O4/c1-9-11(15-5-4-14(2,3)8-15)6-10(13(17)18)7-12(9)16(19)20/h6-7H,4-5,8H2,1-3H3,(H,17,18). The zero-order chi connectivity index (χ0) is 15.1. The van der Waals surface area contributed by atoms with Gasteiger partial charge in [-0.1, -0.05) is 13.8 Å². The van der Waals surface area contributed by atoms with Crippen LogP contribution in [-0.4, -0.2) is 29.1 Å². The molecule has 0 unspecified atom stereocenters. The van der Waals surface area contributed by atoms with Crippen LogP contribution in [0.5, 0.6) is 0 Å². The molecule has 1 aliphatic rings. The second-order valence-electron chi connectivity index (χ2n) is 6.04. The maximum Gasteiger partial charge on any atom is 0.336 e. The molecule has 0 amide bonds. The molecule has 1 aromatic rings. The third-order valence-corrected chi connectivity index (χ3v) is 3.81. The highest BCUT2D eigenvalue weighted by atomic mass is 16.6. The second-order valence-corrected chi connectivity index (χ2v) is 6.04. The number of aromatic carboxylic acids is 1. The van der Waals surface area contributed by atoms with Crippen molar-refractivity contribution in [2.45, 2.75) is 27.2 Å². The van der Waals surface area contributed by atoms with Gasteiger partial charge in [0.05, 0.1) is 16.1 Å². The van der Waals surface area contributed by atoms with Gasteiger partial charge in [-0.3, -0.25) is 10.1 Å². The summed E-state index contributed by atoms with van der Waals surface area (Å²) in [4.78, 5) is 23.7. The van der Waals surface area contributed by atoms with E-state index in [0.717, 1.165) is 25.6 Å². The average molecular weight is 278 g/mol. The molecule has 1 heterocycles. The molecule has 108 valence electrons. The van der Waals surface area contributed by atoms with Gasteiger partial charge in [0.1, 0.15) is 0 Å². The van der Waals surface area contributed by atoms with Crippen LogP contribution in [0.3, 0.4) is 0 Å². The van der Waals surface area contributed by atoms with Crippen LogP contribution < -0.4 is 4.90 Å². The highest BCUT2D eigenvalue weighted by Gasteiger charge is 2.32. The van der Waals surface area contributed by atoms with Crippen LogP contribution in [0.25, 0.3) is 0 Å². The van der Waals surface area contributed by atoms with E-state index in [4.69, 9.17) is 5.11 Å². The molecular weight excluding hydrogens is 260 g/mol. The topological polar surface area (TPSA) is 83.7 Å². The van der Waals surface area contributed by atoms with Gasteiger partial charge in [0, 0.05) is 24.8 Å². The molecule has 20 heavy (non-hydrogen) atoms. The zero-order valence-electron chi connectivity index (χ0n) is 11.8. The molecule has 0 aliphatic carbocycles. The van der Waals surface area contributed by atoms with E-state index in [2.05, 4.69) is 13.8 Å². The van der Waals surface area contributed by atoms with Crippen LogP contribution in [0.1, 0.15) is 36.2 Å². The first-order valence-electron chi connectivity index (χ1n) is 6.48. The number of hydrogen-bond acceptors (Lipinski definition) is 4. The lowest BCUT2D eigenvalue weighted by Crippen LogP contribution is -2.24. The van der Waals surface area contributed by atoms with E-state index < -0.39 is 10.9 Å². The SMILES string of the molecule is Cc1c(N2CCC(C)(C)C2)cc(C(=O)O)cc1[N+](=O)[O-]. The normalized spacial score (nSPS) is 17.2. The Morgan fingerprint density at radius 2 is 2.10 bits per heavy atom. The van der Waals surface area contributed by atoms with Crippen molar-refractivity contribution < 1.29 is 14.8 Å². The largest absolute Gasteiger partial charge is 0.478 e. The molecule has 1 saturated heterocycles. The molecule has 0 radical (unpaired) electrons. The minimum Gasteiger partial charge on any atom is -0.478 e. The van der Waals surface area contributed by atoms with Gasteiger partial charge in [-0.15, -0.1) is 0 Å². The Kier molecular flexibility index (Phi) is 3.41. The molecule has 0 aromatic heterocycles. The smallest absolute Gasteiger partial charge is 0.336 e. The highest BCUT2D eigenvalue weighted by molar-refractivity contribution is 5.90. The lowest BCUT2D eigenvalue weighted by molar-refractivity contribution is -0.385. The first-order valence-corrected chi connectivity index (χ1v) is 6.48. The zero-order valence-corrected chi connectivity index (χ0v) is 11.8. The van der Waals surface area contributed by atoms with Crippen molar-refractivity contribution in [2.75, 3.05) is 18.0 Å². The van der Waals surface area contributed by atoms with Crippen molar-refractivity contribution in [1.82, 2.24) is 0 Å². The number of anilines is 1. The van der Waals surface area contributed by atoms with Gasteiger partial charge in [-0.25, -0.2) is 4.79 Å². The molecule has 0 bridgehead atoms. The van der Waals surface area contributed by atoms with Gasteiger partial charge in [0.15, 0.2) is 0 Å². The van der Waals surface area contributed by atoms with E-state index in [1.54, 1.807) is 6.92 Å². The fraction of sp³-hybridized carbons (Fsp3) is 0.500. The maximum atomic E-state index is 11.1. The Labute approximate surface area is 117 Å². The summed E-state index contributed by atoms with van der Waals surface area (Å²) < 4.78 is 0. The summed E-state index contributed by atoms with van der Waals surface area (Å²) in [5.74, 6) is -1.15. The molecular formula is C14H18N2O4. The van der Waals surface area contributed by atoms with Crippen LogP contribution >= 0.6 is 0 Å². The fourth-order valence-electron chi connectivity index (χ4n) is 2.64. The number of hydrogen-bond donors (Lipinski definition) is 1. The quantitative estimate of drug-likeness (QED) is 0.679. The van der Waals surface area contributed by atoms with Gasteiger partial charge in [0.25, 0.3) is 5.69 Å². The number of nitro benzene ring substituents is 1. The van der Waals surface area contributed by atoms with Gasteiger partial charge >= 0.3 is 5.97 Å². The maximum absolute atomic E-state index is 11.1. The third kappa shape index (κ3) is 2.59. The van der Waals surface area contributed by atoms with Crippen molar-refractivity contribution in [3.8, 4) is 0 Å². The van der Waals surface area contributed by atoms with E-state index >= 15 is 0 Å². The molecule has 2 rings (SSSR count). The number of nitro groups is 1. The van der Waals surface area contributed by atoms with Gasteiger partial charge in [-0.05, 0) is 24.8 Å². The summed E-state index contributed by atoms with van der Waals surface area (Å²) in [5.41, 5.74) is 1.15. The van der Waals surface area contributed by atoms with Crippen molar-refractivity contribution in [1.29, 1.82) is 0 Å². The lowest BCUT2D eigenvalue weighted by Gasteiger charge is -2.23. The van der Waals surface area contributed by atoms with Crippen molar-refractivity contribution in [2.24, 2.45) is 5.41 Å². The van der Waals surface area contributed by atoms with Crippen molar-refractivity contribution >= 4 is 17.3 Å². The number of benzene rings is 1. The first kappa shape index (κ1) is 14.3. The summed E-state index contributed by atoms with van der Waals surface area (Å²) in [7, 11) is 0. The molecule has 1 fully saturated rings. The minimum absolute atomic E-state index is 0.0398. The number of carboxylic acid groups (broad SMARTS) is 1. The van der Waals surface area contributed by atoms with E-state index in [1.807, 2.05) is 4.90 Å². The van der Waals surface area contributed by atoms with E-state index in [0.29, 0.717) is 11.3 Å². The second kappa shape index (κ2) is 4.77. The van der Waals surface area contributed by atoms with E-state index in [-0.39, 0.29) is 16.7 Å². The van der Waals surface area contributed by atoms with Gasteiger partial charge < -0.3 is 10.0 Å². The van der Waals surface area contributed by atoms with Crippen molar-refractivity contribution in [3.05, 3.63) is 33.4 Å². The number of rotatable bonds is 3. The Balaban J connectivity index is 2.52. The van der Waals surface area contributed by atoms with Crippen molar-refractivity contribution in [3.63, 3.8) is 0 Å². The predicted molar refractivity (Wildman–Crippen MR) is 75.4 cm³/mol. The highest BCUT2D eigenvalue weighted by Crippen LogP contribution is 2.37. The van der Waals surface area contributed by atoms with Crippen LogP contribution in [0.15, 0.2) is 12.1 Å². The molecule has 6 heteroatoms. The third-order valence-electron chi connectivity index (χ3n) is 3.81. The number of nitrogens with zero attached hydrogens (tertiary/aromatic N) is 2. The fourth-order valence-corrected chi connectivity index (χ4v) is 2.64. The van der Waals surface area contributed by atoms with E-state index in [9.17, 15) is 14.9 Å². The average Bonchev–Trinajstić information content (AvgIpc) is 2.69. The van der Waals surface area contributed by atoms with E-state index in [1.165, 1.54) is 6.07 Å². The molecule has 1 N–H and O–H groups in total. The number of carboxylic acids is 1. The minimum atomic E-state index is -1.15. The molecule has 0 saturated carbocycles. The number of carbonyl (C=O) groups is 1. The van der Waals surface area contributed by atoms with Gasteiger partial charge in [-0.2, -0.15) is 0 Å². The lowest BCUT2D eigenvalue weighted by atomic mass is 9.93. The Bertz CT molecular complexity index is 581. The molecule has 1 aromatic carbocycles. The molecule has 0 spiro atoms. The summed E-state index contributed by atoms with van der Waals surface area (Å²) in [6.45, 7) is 7.50. The first-order chi connectivity index (χ1) is 9.21. The Morgan fingerprint density at radius 3 is 2.55 bits per heavy atom. The summed E-state index contributed by atoms with van der Waals surface area (Å²) in [6, 6.07) is 2.66. The monoisotopic (exact) mass is 278 g/mol. The Morgan fingerprint density at radius 1 is 1.45 bits per heavy atom. The molecule has 0 atom stereocenters. The molecule has 6 nitrogen and oxygen atoms in total. The predicted octanol–water partition coefficient (Wildman–Crippen LogP) is 2.84. The summed E-state index contributed by atoms with van der Waals surface area (Å²) in [5, 5.41) is 20.2. The van der Waals surface area contributed by atoms with Crippen LogP contribution in [-0.2, 0) is 0 Å². The van der Waals surface area contributed by atoms with Crippen LogP contribution in [0.4, 0.5) is 11.4 Å². The summed E-state index contributed by atoms with van der Waals surface area (Å²) >= 11 is 0. The molecule has 1 aliphatic heterocycles. The van der Waals surface area contributed by atoms with Crippen LogP contribution in [0.2, 0.25) is 0 Å². The summed E-state index contributed by atoms with van der Waals surface area (Å²) in [6.07, 6.45) is 0.984. The Hall–Kier alpha value is -2.11.